The van der Waals surface area contributed by atoms with Gasteiger partial charge in [0, 0.05) is 4.91 Å². The lowest BCUT2D eigenvalue weighted by molar-refractivity contribution is -0.225. The van der Waals surface area contributed by atoms with Crippen molar-refractivity contribution in [3.05, 3.63) is 82.2 Å². The predicted octanol–water partition coefficient (Wildman–Crippen LogP) is 3.83. The Labute approximate surface area is 169 Å². The van der Waals surface area contributed by atoms with E-state index >= 15 is 0 Å². The average Bonchev–Trinajstić information content (AvgIpc) is 2.75. The van der Waals surface area contributed by atoms with E-state index in [0.29, 0.717) is 24.9 Å². The smallest absolute Gasteiger partial charge is 0.357 e. The zero-order valence-corrected chi connectivity index (χ0v) is 16.2. The van der Waals surface area contributed by atoms with Gasteiger partial charge in [0.15, 0.2) is 6.29 Å². The molecule has 4 atom stereocenters. The molecule has 1 aliphatic rings. The summed E-state index contributed by atoms with van der Waals surface area (Å²) in [4.78, 5) is 21.1. The van der Waals surface area contributed by atoms with Gasteiger partial charge >= 0.3 is 5.97 Å². The number of hydroxylamine groups is 2. The molecule has 0 amide bonds. The molecule has 2 aromatic rings. The minimum absolute atomic E-state index is 0.329. The van der Waals surface area contributed by atoms with Crippen LogP contribution in [-0.4, -0.2) is 40.6 Å². The Morgan fingerprint density at radius 3 is 2.52 bits per heavy atom. The molecular weight excluding hydrogens is 372 g/mol. The lowest BCUT2D eigenvalue weighted by Gasteiger charge is -2.38. The van der Waals surface area contributed by atoms with E-state index in [2.05, 4.69) is 10.0 Å². The third kappa shape index (κ3) is 5.56. The molecule has 2 unspecified atom stereocenters. The van der Waals surface area contributed by atoms with Crippen molar-refractivity contribution in [1.82, 2.24) is 5.06 Å². The van der Waals surface area contributed by atoms with Crippen LogP contribution in [0, 0.1) is 0 Å². The molecular formula is C21H24N4O4. The lowest BCUT2D eigenvalue weighted by atomic mass is 9.99. The van der Waals surface area contributed by atoms with Crippen LogP contribution in [0.15, 0.2) is 65.8 Å². The minimum Gasteiger partial charge on any atom is -0.368 e. The van der Waals surface area contributed by atoms with E-state index in [9.17, 15) is 9.90 Å². The van der Waals surface area contributed by atoms with E-state index in [1.165, 1.54) is 0 Å². The van der Waals surface area contributed by atoms with Gasteiger partial charge in [0.25, 0.3) is 0 Å². The fraction of sp³-hybridized carbons (Fsp3) is 0.381. The van der Waals surface area contributed by atoms with Crippen LogP contribution in [0.1, 0.15) is 35.7 Å². The van der Waals surface area contributed by atoms with Gasteiger partial charge in [-0.3, -0.25) is 0 Å². The topological polar surface area (TPSA) is 108 Å². The van der Waals surface area contributed by atoms with Crippen molar-refractivity contribution in [2.24, 2.45) is 5.11 Å². The van der Waals surface area contributed by atoms with Crippen LogP contribution in [0.5, 0.6) is 0 Å². The Balaban J connectivity index is 1.75. The Bertz CT molecular complexity index is 842. The molecule has 3 rings (SSSR count). The Hall–Kier alpha value is -2.90. The van der Waals surface area contributed by atoms with Crippen LogP contribution in [0.2, 0.25) is 0 Å². The number of carbonyl (C=O) groups is 1. The van der Waals surface area contributed by atoms with Crippen LogP contribution in [0.4, 0.5) is 0 Å². The van der Waals surface area contributed by atoms with Gasteiger partial charge in [-0.2, -0.15) is 0 Å². The number of rotatable bonds is 7. The Kier molecular flexibility index (Phi) is 7.21. The van der Waals surface area contributed by atoms with E-state index in [4.69, 9.17) is 15.1 Å². The molecule has 8 heteroatoms. The number of carbonyl (C=O) groups excluding carboxylic acids is 1. The summed E-state index contributed by atoms with van der Waals surface area (Å²) in [7, 11) is 0. The van der Waals surface area contributed by atoms with E-state index < -0.39 is 18.3 Å². The van der Waals surface area contributed by atoms with Crippen molar-refractivity contribution in [2.45, 2.75) is 50.8 Å². The average molecular weight is 396 g/mol. The monoisotopic (exact) mass is 396 g/mol. The zero-order chi connectivity index (χ0) is 20.6. The third-order valence-corrected chi connectivity index (χ3v) is 4.97. The summed E-state index contributed by atoms with van der Waals surface area (Å²) in [6, 6.07) is 17.5. The number of aliphatic hydroxyl groups excluding tert-OH is 1. The highest BCUT2D eigenvalue weighted by Gasteiger charge is 2.35. The maximum atomic E-state index is 12.6. The van der Waals surface area contributed by atoms with Gasteiger partial charge in [-0.15, -0.1) is 5.06 Å². The molecule has 1 saturated heterocycles. The van der Waals surface area contributed by atoms with Gasteiger partial charge < -0.3 is 14.7 Å². The quantitative estimate of drug-likeness (QED) is 0.331. The van der Waals surface area contributed by atoms with E-state index in [1.54, 1.807) is 29.3 Å². The Morgan fingerprint density at radius 2 is 1.90 bits per heavy atom. The fourth-order valence-electron chi connectivity index (χ4n) is 3.29. The van der Waals surface area contributed by atoms with Gasteiger partial charge in [0.2, 0.25) is 0 Å². The van der Waals surface area contributed by atoms with Crippen LogP contribution in [0.3, 0.4) is 0 Å². The molecule has 0 aliphatic carbocycles. The standard InChI is InChI=1S/C21H24N4O4/c1-15(19-13-12-18(23-24-22)21(27)28-19)25(14-16-8-4-2-5-9-16)29-20(26)17-10-6-3-7-11-17/h2-11,15,18-19,21,27H,12-14H2,1H3/t15-,18?,19-,21?/m0/s1. The highest BCUT2D eigenvalue weighted by atomic mass is 16.7. The first-order valence-corrected chi connectivity index (χ1v) is 9.54. The molecule has 1 aliphatic heterocycles. The number of hydrogen-bond acceptors (Lipinski definition) is 6. The number of azide groups is 1. The molecule has 0 spiro atoms. The van der Waals surface area contributed by atoms with E-state index in [1.807, 2.05) is 43.3 Å². The van der Waals surface area contributed by atoms with Crippen LogP contribution in [0.25, 0.3) is 10.4 Å². The molecule has 152 valence electrons. The first kappa shape index (κ1) is 20.8. The second-order valence-electron chi connectivity index (χ2n) is 6.96. The van der Waals surface area contributed by atoms with Crippen LogP contribution >= 0.6 is 0 Å². The van der Waals surface area contributed by atoms with Crippen LogP contribution in [-0.2, 0) is 16.1 Å². The van der Waals surface area contributed by atoms with E-state index in [-0.39, 0.29) is 12.1 Å². The minimum atomic E-state index is -1.18. The summed E-state index contributed by atoms with van der Waals surface area (Å²) in [5.74, 6) is -0.461. The molecule has 0 aromatic heterocycles. The van der Waals surface area contributed by atoms with Gasteiger partial charge in [-0.05, 0) is 43.0 Å². The van der Waals surface area contributed by atoms with Crippen LogP contribution < -0.4 is 0 Å². The maximum absolute atomic E-state index is 12.6. The van der Waals surface area contributed by atoms with Gasteiger partial charge in [-0.25, -0.2) is 4.79 Å². The first-order chi connectivity index (χ1) is 14.1. The summed E-state index contributed by atoms with van der Waals surface area (Å²) in [6.07, 6.45) is -0.514. The van der Waals surface area contributed by atoms with Crippen molar-refractivity contribution in [3.63, 3.8) is 0 Å². The zero-order valence-electron chi connectivity index (χ0n) is 16.2. The number of hydrogen-bond donors (Lipinski definition) is 1. The molecule has 1 N–H and O–H groups in total. The molecule has 1 heterocycles. The highest BCUT2D eigenvalue weighted by molar-refractivity contribution is 5.89. The van der Waals surface area contributed by atoms with Crippen molar-refractivity contribution < 1.29 is 19.5 Å². The molecule has 8 nitrogen and oxygen atoms in total. The van der Waals surface area contributed by atoms with Gasteiger partial charge in [0.1, 0.15) is 0 Å². The summed E-state index contributed by atoms with van der Waals surface area (Å²) in [6.45, 7) is 2.25. The maximum Gasteiger partial charge on any atom is 0.357 e. The second kappa shape index (κ2) is 10.0. The number of nitrogens with zero attached hydrogens (tertiary/aromatic N) is 4. The molecule has 0 bridgehead atoms. The molecule has 0 saturated carbocycles. The largest absolute Gasteiger partial charge is 0.368 e. The number of benzene rings is 2. The third-order valence-electron chi connectivity index (χ3n) is 4.97. The normalized spacial score (nSPS) is 22.5. The number of ether oxygens (including phenoxy) is 1. The first-order valence-electron chi connectivity index (χ1n) is 9.54. The van der Waals surface area contributed by atoms with Crippen molar-refractivity contribution in [2.75, 3.05) is 0 Å². The summed E-state index contributed by atoms with van der Waals surface area (Å²) >= 11 is 0. The summed E-state index contributed by atoms with van der Waals surface area (Å²) < 4.78 is 5.68. The van der Waals surface area contributed by atoms with Gasteiger partial charge in [-0.1, -0.05) is 53.6 Å². The summed E-state index contributed by atoms with van der Waals surface area (Å²) in [5, 5.41) is 15.3. The molecule has 1 fully saturated rings. The van der Waals surface area contributed by atoms with Gasteiger partial charge in [0.05, 0.1) is 30.3 Å². The fourth-order valence-corrected chi connectivity index (χ4v) is 3.29. The second-order valence-corrected chi connectivity index (χ2v) is 6.96. The molecule has 0 radical (unpaired) electrons. The number of aliphatic hydroxyl groups is 1. The van der Waals surface area contributed by atoms with Crippen molar-refractivity contribution >= 4 is 5.97 Å². The molecule has 29 heavy (non-hydrogen) atoms. The predicted molar refractivity (Wildman–Crippen MR) is 106 cm³/mol. The van der Waals surface area contributed by atoms with E-state index in [0.717, 1.165) is 5.56 Å². The summed E-state index contributed by atoms with van der Waals surface area (Å²) in [5.41, 5.74) is 10.0. The van der Waals surface area contributed by atoms with Crippen molar-refractivity contribution in [3.8, 4) is 0 Å². The molecule has 2 aromatic carbocycles. The highest BCUT2D eigenvalue weighted by Crippen LogP contribution is 2.26. The van der Waals surface area contributed by atoms with Crippen molar-refractivity contribution in [1.29, 1.82) is 0 Å². The SMILES string of the molecule is C[C@@H]([C@@H]1CCC(N=[N+]=[N-])C(O)O1)N(Cc1ccccc1)OC(=O)c1ccccc1. The Morgan fingerprint density at radius 1 is 1.24 bits per heavy atom. The lowest BCUT2D eigenvalue weighted by Crippen LogP contribution is -2.49.